The number of carbonyl (C=O) groups is 1. The van der Waals surface area contributed by atoms with E-state index in [1.54, 1.807) is 23.1 Å². The summed E-state index contributed by atoms with van der Waals surface area (Å²) in [6.07, 6.45) is 0.981. The molecule has 0 atom stereocenters. The number of hydrogen-bond donors (Lipinski definition) is 1. The van der Waals surface area contributed by atoms with Crippen LogP contribution in [0.5, 0.6) is 0 Å². The summed E-state index contributed by atoms with van der Waals surface area (Å²) in [5.41, 5.74) is 4.06. The number of amides is 1. The second-order valence-corrected chi connectivity index (χ2v) is 8.08. The normalized spacial score (nSPS) is 13.8. The van der Waals surface area contributed by atoms with Crippen molar-refractivity contribution < 1.29 is 13.2 Å². The zero-order chi connectivity index (χ0) is 18.0. The number of nitrogens with one attached hydrogen (secondary N) is 1. The maximum absolute atomic E-state index is 12.4. The number of sulfonamides is 1. The van der Waals surface area contributed by atoms with Crippen molar-refractivity contribution in [2.75, 3.05) is 18.0 Å². The van der Waals surface area contributed by atoms with Crippen LogP contribution < -0.4 is 9.62 Å². The highest BCUT2D eigenvalue weighted by Gasteiger charge is 2.24. The van der Waals surface area contributed by atoms with Gasteiger partial charge in [-0.3, -0.25) is 4.79 Å². The Morgan fingerprint density at radius 3 is 2.64 bits per heavy atom. The summed E-state index contributed by atoms with van der Waals surface area (Å²) in [6.45, 7) is 4.56. The molecule has 1 aliphatic heterocycles. The number of fused-ring (bicyclic) bond motifs is 1. The molecule has 0 saturated carbocycles. The van der Waals surface area contributed by atoms with Crippen molar-refractivity contribution in [2.45, 2.75) is 31.6 Å². The van der Waals surface area contributed by atoms with E-state index in [1.165, 1.54) is 0 Å². The molecule has 0 aromatic heterocycles. The van der Waals surface area contributed by atoms with Gasteiger partial charge in [-0.2, -0.15) is 0 Å². The third-order valence-corrected chi connectivity index (χ3v) is 6.07. The first-order chi connectivity index (χ1) is 11.9. The molecule has 1 heterocycles. The topological polar surface area (TPSA) is 66.5 Å². The molecule has 0 bridgehead atoms. The molecule has 0 unspecified atom stereocenters. The van der Waals surface area contributed by atoms with E-state index in [0.717, 1.165) is 28.8 Å². The van der Waals surface area contributed by atoms with Crippen molar-refractivity contribution in [3.8, 4) is 0 Å². The Hall–Kier alpha value is -2.18. The molecule has 132 valence electrons. The summed E-state index contributed by atoms with van der Waals surface area (Å²) in [5.74, 6) is -0.0623. The third-order valence-electron chi connectivity index (χ3n) is 4.61. The lowest BCUT2D eigenvalue weighted by molar-refractivity contribution is -0.118. The highest BCUT2D eigenvalue weighted by Crippen LogP contribution is 2.27. The Labute approximate surface area is 148 Å². The summed E-state index contributed by atoms with van der Waals surface area (Å²) >= 11 is 0. The molecule has 6 heteroatoms. The molecular formula is C19H22N2O3S. The molecule has 1 amide bonds. The number of aryl methyl sites for hydroxylation is 2. The standard InChI is InChI=1S/C19H22N2O3S/c1-14-7-8-17(13-15(14)2)25(23,24)20-11-9-19(22)21-12-10-16-5-3-4-6-18(16)21/h3-8,13,20H,9-12H2,1-2H3. The van der Waals surface area contributed by atoms with Gasteiger partial charge >= 0.3 is 0 Å². The second kappa shape index (κ2) is 6.98. The van der Waals surface area contributed by atoms with Gasteiger partial charge in [0.25, 0.3) is 0 Å². The first-order valence-corrected chi connectivity index (χ1v) is 9.82. The number of hydrogen-bond acceptors (Lipinski definition) is 3. The van der Waals surface area contributed by atoms with Gasteiger partial charge in [0, 0.05) is 25.2 Å². The number of para-hydroxylation sites is 1. The van der Waals surface area contributed by atoms with Gasteiger partial charge in [0.2, 0.25) is 15.9 Å². The van der Waals surface area contributed by atoms with Gasteiger partial charge in [0.15, 0.2) is 0 Å². The smallest absolute Gasteiger partial charge is 0.240 e. The van der Waals surface area contributed by atoms with E-state index in [4.69, 9.17) is 0 Å². The molecule has 2 aromatic rings. The van der Waals surface area contributed by atoms with Crippen LogP contribution in [-0.4, -0.2) is 27.4 Å². The first kappa shape index (κ1) is 17.6. The Morgan fingerprint density at radius 1 is 1.12 bits per heavy atom. The number of carbonyl (C=O) groups excluding carboxylic acids is 1. The van der Waals surface area contributed by atoms with Gasteiger partial charge < -0.3 is 4.90 Å². The molecule has 5 nitrogen and oxygen atoms in total. The zero-order valence-corrected chi connectivity index (χ0v) is 15.3. The molecule has 0 spiro atoms. The highest BCUT2D eigenvalue weighted by atomic mass is 32.2. The molecule has 0 fully saturated rings. The second-order valence-electron chi connectivity index (χ2n) is 6.32. The van der Waals surface area contributed by atoms with Gasteiger partial charge in [-0.15, -0.1) is 0 Å². The van der Waals surface area contributed by atoms with E-state index in [2.05, 4.69) is 4.72 Å². The Kier molecular flexibility index (Phi) is 4.92. The predicted molar refractivity (Wildman–Crippen MR) is 98.2 cm³/mol. The van der Waals surface area contributed by atoms with E-state index in [0.29, 0.717) is 6.54 Å². The average molecular weight is 358 g/mol. The van der Waals surface area contributed by atoms with Gasteiger partial charge in [-0.05, 0) is 55.2 Å². The zero-order valence-electron chi connectivity index (χ0n) is 14.5. The Bertz CT molecular complexity index is 907. The summed E-state index contributed by atoms with van der Waals surface area (Å²) in [6, 6.07) is 12.8. The lowest BCUT2D eigenvalue weighted by atomic mass is 10.1. The lowest BCUT2D eigenvalue weighted by Crippen LogP contribution is -2.33. The van der Waals surface area contributed by atoms with Gasteiger partial charge in [-0.25, -0.2) is 13.1 Å². The monoisotopic (exact) mass is 358 g/mol. The molecule has 0 radical (unpaired) electrons. The van der Waals surface area contributed by atoms with Gasteiger partial charge in [-0.1, -0.05) is 24.3 Å². The minimum Gasteiger partial charge on any atom is -0.312 e. The Balaban J connectivity index is 1.61. The average Bonchev–Trinajstić information content (AvgIpc) is 3.01. The number of benzene rings is 2. The predicted octanol–water partition coefficient (Wildman–Crippen LogP) is 2.56. The van der Waals surface area contributed by atoms with E-state index < -0.39 is 10.0 Å². The summed E-state index contributed by atoms with van der Waals surface area (Å²) < 4.78 is 27.2. The molecule has 2 aromatic carbocycles. The summed E-state index contributed by atoms with van der Waals surface area (Å²) in [7, 11) is -3.60. The van der Waals surface area contributed by atoms with Crippen LogP contribution in [0.15, 0.2) is 47.4 Å². The number of rotatable bonds is 5. The molecule has 1 aliphatic rings. The van der Waals surface area contributed by atoms with Gasteiger partial charge in [0.05, 0.1) is 4.90 Å². The van der Waals surface area contributed by atoms with Gasteiger partial charge in [0.1, 0.15) is 0 Å². The van der Waals surface area contributed by atoms with Crippen molar-refractivity contribution >= 4 is 21.6 Å². The van der Waals surface area contributed by atoms with Crippen molar-refractivity contribution in [3.63, 3.8) is 0 Å². The van der Waals surface area contributed by atoms with Crippen molar-refractivity contribution in [1.82, 2.24) is 4.72 Å². The maximum atomic E-state index is 12.4. The minimum atomic E-state index is -3.60. The molecular weight excluding hydrogens is 336 g/mol. The first-order valence-electron chi connectivity index (χ1n) is 8.34. The largest absolute Gasteiger partial charge is 0.312 e. The van der Waals surface area contributed by atoms with Crippen LogP contribution >= 0.6 is 0 Å². The lowest BCUT2D eigenvalue weighted by Gasteiger charge is -2.17. The van der Waals surface area contributed by atoms with E-state index in [1.807, 2.05) is 38.1 Å². The van der Waals surface area contributed by atoms with Crippen LogP contribution in [0.3, 0.4) is 0 Å². The molecule has 0 saturated heterocycles. The van der Waals surface area contributed by atoms with E-state index >= 15 is 0 Å². The van der Waals surface area contributed by atoms with Crippen LogP contribution in [0.2, 0.25) is 0 Å². The van der Waals surface area contributed by atoms with Crippen LogP contribution in [0.1, 0.15) is 23.1 Å². The summed E-state index contributed by atoms with van der Waals surface area (Å²) in [4.78, 5) is 14.4. The fourth-order valence-corrected chi connectivity index (χ4v) is 4.11. The highest BCUT2D eigenvalue weighted by molar-refractivity contribution is 7.89. The SMILES string of the molecule is Cc1ccc(S(=O)(=O)NCCC(=O)N2CCc3ccccc32)cc1C. The third kappa shape index (κ3) is 3.75. The Morgan fingerprint density at radius 2 is 1.88 bits per heavy atom. The van der Waals surface area contributed by atoms with E-state index in [9.17, 15) is 13.2 Å². The van der Waals surface area contributed by atoms with Crippen LogP contribution in [0.4, 0.5) is 5.69 Å². The van der Waals surface area contributed by atoms with E-state index in [-0.39, 0.29) is 23.8 Å². The van der Waals surface area contributed by atoms with Crippen molar-refractivity contribution in [3.05, 3.63) is 59.2 Å². The van der Waals surface area contributed by atoms with Crippen molar-refractivity contribution in [1.29, 1.82) is 0 Å². The summed E-state index contributed by atoms with van der Waals surface area (Å²) in [5, 5.41) is 0. The molecule has 25 heavy (non-hydrogen) atoms. The fraction of sp³-hybridized carbons (Fsp3) is 0.316. The molecule has 0 aliphatic carbocycles. The van der Waals surface area contributed by atoms with Crippen molar-refractivity contribution in [2.24, 2.45) is 0 Å². The molecule has 1 N–H and O–H groups in total. The minimum absolute atomic E-state index is 0.0623. The van der Waals surface area contributed by atoms with Crippen LogP contribution in [-0.2, 0) is 21.2 Å². The number of anilines is 1. The van der Waals surface area contributed by atoms with Crippen LogP contribution in [0, 0.1) is 13.8 Å². The van der Waals surface area contributed by atoms with Crippen LogP contribution in [0.25, 0.3) is 0 Å². The quantitative estimate of drug-likeness (QED) is 0.893. The molecule has 3 rings (SSSR count). The fourth-order valence-electron chi connectivity index (χ4n) is 2.99. The maximum Gasteiger partial charge on any atom is 0.240 e. The number of nitrogens with zero attached hydrogens (tertiary/aromatic N) is 1.